The topological polar surface area (TPSA) is 50.8 Å². The van der Waals surface area contributed by atoms with E-state index in [1.165, 1.54) is 0 Å². The summed E-state index contributed by atoms with van der Waals surface area (Å²) in [4.78, 5) is 14.4. The molecular weight excluding hydrogens is 360 g/mol. The van der Waals surface area contributed by atoms with Crippen molar-refractivity contribution < 1.29 is 14.3 Å². The number of hydrogen-bond donors (Lipinski definition) is 1. The van der Waals surface area contributed by atoms with E-state index in [2.05, 4.69) is 40.0 Å². The summed E-state index contributed by atoms with van der Waals surface area (Å²) in [7, 11) is 0. The number of rotatable bonds is 7. The number of nitrogens with one attached hydrogen (secondary N) is 1. The van der Waals surface area contributed by atoms with E-state index in [4.69, 9.17) is 9.47 Å². The van der Waals surface area contributed by atoms with Crippen molar-refractivity contribution >= 4 is 21.8 Å². The van der Waals surface area contributed by atoms with Crippen LogP contribution in [0.25, 0.3) is 0 Å². The molecule has 1 aromatic carbocycles. The summed E-state index contributed by atoms with van der Waals surface area (Å²) in [6.45, 7) is 8.43. The van der Waals surface area contributed by atoms with Crippen LogP contribution in [0.1, 0.15) is 13.8 Å². The number of benzene rings is 1. The molecule has 1 aromatic rings. The summed E-state index contributed by atoms with van der Waals surface area (Å²) >= 11 is 3.37. The molecule has 128 valence electrons. The summed E-state index contributed by atoms with van der Waals surface area (Å²) in [5.41, 5.74) is 0. The molecule has 1 aliphatic heterocycles. The van der Waals surface area contributed by atoms with Crippen LogP contribution < -0.4 is 10.1 Å². The molecule has 1 fully saturated rings. The summed E-state index contributed by atoms with van der Waals surface area (Å²) in [6.07, 6.45) is 0. The summed E-state index contributed by atoms with van der Waals surface area (Å²) < 4.78 is 11.9. The summed E-state index contributed by atoms with van der Waals surface area (Å²) in [5.74, 6) is 1.07. The first-order valence-corrected chi connectivity index (χ1v) is 8.82. The molecule has 0 aliphatic carbocycles. The maximum atomic E-state index is 12.0. The molecule has 1 saturated heterocycles. The number of amides is 1. The Morgan fingerprint density at radius 1 is 1.30 bits per heavy atom. The summed E-state index contributed by atoms with van der Waals surface area (Å²) in [6, 6.07) is 7.78. The van der Waals surface area contributed by atoms with E-state index in [9.17, 15) is 4.79 Å². The Balaban J connectivity index is 1.75. The smallest absolute Gasteiger partial charge is 0.257 e. The number of hydrogen-bond acceptors (Lipinski definition) is 4. The molecule has 1 N–H and O–H groups in total. The van der Waals surface area contributed by atoms with Crippen LogP contribution in [0.2, 0.25) is 0 Å². The second-order valence-electron chi connectivity index (χ2n) is 6.01. The molecule has 0 spiro atoms. The van der Waals surface area contributed by atoms with Crippen molar-refractivity contribution in [2.45, 2.75) is 19.9 Å². The quantitative estimate of drug-likeness (QED) is 0.783. The van der Waals surface area contributed by atoms with Gasteiger partial charge in [-0.2, -0.15) is 0 Å². The van der Waals surface area contributed by atoms with Crippen molar-refractivity contribution in [3.05, 3.63) is 28.7 Å². The van der Waals surface area contributed by atoms with Crippen LogP contribution in [0, 0.1) is 5.92 Å². The molecule has 1 heterocycles. The van der Waals surface area contributed by atoms with Gasteiger partial charge in [0, 0.05) is 30.1 Å². The monoisotopic (exact) mass is 384 g/mol. The van der Waals surface area contributed by atoms with Crippen LogP contribution in [-0.2, 0) is 9.53 Å². The van der Waals surface area contributed by atoms with E-state index in [0.29, 0.717) is 24.3 Å². The van der Waals surface area contributed by atoms with Gasteiger partial charge in [-0.05, 0) is 30.2 Å². The van der Waals surface area contributed by atoms with Crippen LogP contribution in [0.3, 0.4) is 0 Å². The van der Waals surface area contributed by atoms with Crippen molar-refractivity contribution in [2.75, 3.05) is 39.5 Å². The molecule has 6 heteroatoms. The van der Waals surface area contributed by atoms with Crippen molar-refractivity contribution in [2.24, 2.45) is 5.92 Å². The fourth-order valence-electron chi connectivity index (χ4n) is 2.64. The zero-order valence-electron chi connectivity index (χ0n) is 13.8. The van der Waals surface area contributed by atoms with Crippen LogP contribution in [0.4, 0.5) is 0 Å². The highest BCUT2D eigenvalue weighted by Crippen LogP contribution is 2.16. The largest absolute Gasteiger partial charge is 0.484 e. The van der Waals surface area contributed by atoms with Gasteiger partial charge in [0.15, 0.2) is 6.61 Å². The maximum absolute atomic E-state index is 12.0. The Morgan fingerprint density at radius 3 is 2.57 bits per heavy atom. The normalized spacial score (nSPS) is 17.0. The first-order chi connectivity index (χ1) is 11.1. The lowest BCUT2D eigenvalue weighted by molar-refractivity contribution is -0.123. The van der Waals surface area contributed by atoms with Gasteiger partial charge < -0.3 is 14.8 Å². The van der Waals surface area contributed by atoms with Crippen molar-refractivity contribution in [3.63, 3.8) is 0 Å². The second-order valence-corrected chi connectivity index (χ2v) is 6.92. The lowest BCUT2D eigenvalue weighted by Gasteiger charge is -2.36. The molecule has 1 amide bonds. The van der Waals surface area contributed by atoms with Gasteiger partial charge in [0.05, 0.1) is 13.2 Å². The SMILES string of the molecule is CC(C)[C@@H](CNC(=O)COc1ccc(Br)cc1)N1CCOCC1. The predicted molar refractivity (Wildman–Crippen MR) is 93.7 cm³/mol. The third-order valence-corrected chi connectivity index (χ3v) is 4.50. The lowest BCUT2D eigenvalue weighted by atomic mass is 10.0. The number of carbonyl (C=O) groups excluding carboxylic acids is 1. The Bertz CT molecular complexity index is 487. The third kappa shape index (κ3) is 6.12. The van der Waals surface area contributed by atoms with Gasteiger partial charge in [0.25, 0.3) is 5.91 Å². The number of halogens is 1. The van der Waals surface area contributed by atoms with Gasteiger partial charge in [-0.15, -0.1) is 0 Å². The van der Waals surface area contributed by atoms with E-state index in [1.54, 1.807) is 0 Å². The first kappa shape index (κ1) is 18.2. The van der Waals surface area contributed by atoms with Crippen LogP contribution in [-0.4, -0.2) is 56.3 Å². The highest BCUT2D eigenvalue weighted by molar-refractivity contribution is 9.10. The van der Waals surface area contributed by atoms with Gasteiger partial charge in [0.2, 0.25) is 0 Å². The summed E-state index contributed by atoms with van der Waals surface area (Å²) in [5, 5.41) is 2.99. The van der Waals surface area contributed by atoms with Gasteiger partial charge >= 0.3 is 0 Å². The van der Waals surface area contributed by atoms with E-state index >= 15 is 0 Å². The fraction of sp³-hybridized carbons (Fsp3) is 0.588. The Morgan fingerprint density at radius 2 is 1.96 bits per heavy atom. The number of ether oxygens (including phenoxy) is 2. The second kappa shape index (κ2) is 9.25. The highest BCUT2D eigenvalue weighted by Gasteiger charge is 2.24. The predicted octanol–water partition coefficient (Wildman–Crippen LogP) is 2.30. The van der Waals surface area contributed by atoms with E-state index in [1.807, 2.05) is 24.3 Å². The van der Waals surface area contributed by atoms with Crippen LogP contribution in [0.15, 0.2) is 28.7 Å². The molecule has 2 rings (SSSR count). The van der Waals surface area contributed by atoms with Gasteiger partial charge in [-0.3, -0.25) is 9.69 Å². The average molecular weight is 385 g/mol. The lowest BCUT2D eigenvalue weighted by Crippen LogP contribution is -2.51. The van der Waals surface area contributed by atoms with Crippen molar-refractivity contribution in [1.29, 1.82) is 0 Å². The van der Waals surface area contributed by atoms with Crippen molar-refractivity contribution in [1.82, 2.24) is 10.2 Å². The molecule has 0 bridgehead atoms. The number of morpholine rings is 1. The maximum Gasteiger partial charge on any atom is 0.257 e. The molecule has 0 radical (unpaired) electrons. The van der Waals surface area contributed by atoms with Gasteiger partial charge in [-0.25, -0.2) is 0 Å². The average Bonchev–Trinajstić information content (AvgIpc) is 2.55. The van der Waals surface area contributed by atoms with Crippen LogP contribution >= 0.6 is 15.9 Å². The van der Waals surface area contributed by atoms with Crippen molar-refractivity contribution in [3.8, 4) is 5.75 Å². The Labute approximate surface area is 146 Å². The van der Waals surface area contributed by atoms with E-state index in [0.717, 1.165) is 30.8 Å². The first-order valence-electron chi connectivity index (χ1n) is 8.03. The van der Waals surface area contributed by atoms with E-state index in [-0.39, 0.29) is 12.5 Å². The Hall–Kier alpha value is -1.11. The minimum Gasteiger partial charge on any atom is -0.484 e. The molecule has 5 nitrogen and oxygen atoms in total. The minimum atomic E-state index is -0.0909. The molecule has 0 unspecified atom stereocenters. The minimum absolute atomic E-state index is 0.0373. The van der Waals surface area contributed by atoms with Gasteiger partial charge in [0.1, 0.15) is 5.75 Å². The van der Waals surface area contributed by atoms with Gasteiger partial charge in [-0.1, -0.05) is 29.8 Å². The zero-order chi connectivity index (χ0) is 16.7. The molecule has 0 saturated carbocycles. The standard InChI is InChI=1S/C17H25BrN2O3/c1-13(2)16(20-7-9-22-10-8-20)11-19-17(21)12-23-15-5-3-14(18)4-6-15/h3-6,13,16H,7-12H2,1-2H3,(H,19,21)/t16-/m1/s1. The fourth-order valence-corrected chi connectivity index (χ4v) is 2.91. The number of nitrogens with zero attached hydrogens (tertiary/aromatic N) is 1. The molecule has 0 aromatic heterocycles. The zero-order valence-corrected chi connectivity index (χ0v) is 15.3. The highest BCUT2D eigenvalue weighted by atomic mass is 79.9. The molecule has 1 aliphatic rings. The van der Waals surface area contributed by atoms with E-state index < -0.39 is 0 Å². The molecular formula is C17H25BrN2O3. The van der Waals surface area contributed by atoms with Crippen LogP contribution in [0.5, 0.6) is 5.75 Å². The number of carbonyl (C=O) groups is 1. The molecule has 23 heavy (non-hydrogen) atoms. The Kier molecular flexibility index (Phi) is 7.33. The molecule has 1 atom stereocenters. The third-order valence-electron chi connectivity index (χ3n) is 3.98.